The minimum absolute atomic E-state index is 0.00851. The molecule has 2 atom stereocenters. The third kappa shape index (κ3) is 4.21. The van der Waals surface area contributed by atoms with Gasteiger partial charge in [0.1, 0.15) is 6.04 Å². The van der Waals surface area contributed by atoms with Crippen LogP contribution in [0.4, 0.5) is 0 Å². The van der Waals surface area contributed by atoms with E-state index in [0.29, 0.717) is 6.42 Å². The molecule has 2 amide bonds. The van der Waals surface area contributed by atoms with Crippen LogP contribution in [0.2, 0.25) is 0 Å². The van der Waals surface area contributed by atoms with Gasteiger partial charge < -0.3 is 20.2 Å². The minimum atomic E-state index is -0.663. The number of amides is 2. The lowest BCUT2D eigenvalue weighted by Gasteiger charge is -2.17. The monoisotopic (exact) mass is 254 g/mol. The Kier molecular flexibility index (Phi) is 5.38. The second-order valence-electron chi connectivity index (χ2n) is 4.09. The summed E-state index contributed by atoms with van der Waals surface area (Å²) >= 11 is 0. The molecular weight excluding hydrogens is 236 g/mol. The molecule has 6 heteroatoms. The van der Waals surface area contributed by atoms with Crippen molar-refractivity contribution in [2.75, 3.05) is 6.61 Å². The molecule has 18 heavy (non-hydrogen) atoms. The van der Waals surface area contributed by atoms with Crippen molar-refractivity contribution in [3.8, 4) is 0 Å². The summed E-state index contributed by atoms with van der Waals surface area (Å²) in [5.41, 5.74) is 0. The van der Waals surface area contributed by atoms with Gasteiger partial charge >= 0.3 is 0 Å². The lowest BCUT2D eigenvalue weighted by molar-refractivity contribution is -0.123. The van der Waals surface area contributed by atoms with Crippen LogP contribution in [0.1, 0.15) is 30.8 Å². The number of carbonyl (C=O) groups is 2. The average Bonchev–Trinajstić information content (AvgIpc) is 2.82. The highest BCUT2D eigenvalue weighted by atomic mass is 16.3. The van der Waals surface area contributed by atoms with Crippen molar-refractivity contribution in [2.45, 2.75) is 32.4 Å². The molecule has 0 radical (unpaired) electrons. The van der Waals surface area contributed by atoms with Crippen molar-refractivity contribution < 1.29 is 19.1 Å². The van der Waals surface area contributed by atoms with Crippen LogP contribution in [0, 0.1) is 0 Å². The molecule has 0 aromatic carbocycles. The summed E-state index contributed by atoms with van der Waals surface area (Å²) in [5, 5.41) is 13.9. The van der Waals surface area contributed by atoms with Gasteiger partial charge in [0.15, 0.2) is 5.76 Å². The predicted molar refractivity (Wildman–Crippen MR) is 64.9 cm³/mol. The van der Waals surface area contributed by atoms with E-state index in [1.165, 1.54) is 12.3 Å². The molecule has 0 saturated carbocycles. The molecule has 1 aromatic rings. The van der Waals surface area contributed by atoms with Crippen LogP contribution in [0.15, 0.2) is 22.8 Å². The molecule has 100 valence electrons. The van der Waals surface area contributed by atoms with Gasteiger partial charge in [-0.25, -0.2) is 0 Å². The lowest BCUT2D eigenvalue weighted by atomic mass is 10.2. The van der Waals surface area contributed by atoms with Crippen LogP contribution in [0.3, 0.4) is 0 Å². The predicted octanol–water partition coefficient (Wildman–Crippen LogP) is 0.285. The molecular formula is C12H18N2O4. The number of aliphatic hydroxyl groups is 1. The van der Waals surface area contributed by atoms with Gasteiger partial charge in [0.05, 0.1) is 6.26 Å². The Bertz CT molecular complexity index is 389. The fourth-order valence-corrected chi connectivity index (χ4v) is 1.37. The van der Waals surface area contributed by atoms with E-state index in [0.717, 1.165) is 0 Å². The number of hydrogen-bond acceptors (Lipinski definition) is 4. The number of aliphatic hydroxyl groups excluding tert-OH is 1. The quantitative estimate of drug-likeness (QED) is 0.680. The van der Waals surface area contributed by atoms with Gasteiger partial charge in [-0.15, -0.1) is 0 Å². The Morgan fingerprint density at radius 3 is 2.67 bits per heavy atom. The fraction of sp³-hybridized carbons (Fsp3) is 0.500. The molecule has 6 nitrogen and oxygen atoms in total. The zero-order chi connectivity index (χ0) is 13.5. The van der Waals surface area contributed by atoms with Gasteiger partial charge in [-0.2, -0.15) is 0 Å². The van der Waals surface area contributed by atoms with Gasteiger partial charge in [-0.05, 0) is 32.4 Å². The van der Waals surface area contributed by atoms with Crippen LogP contribution >= 0.6 is 0 Å². The topological polar surface area (TPSA) is 91.6 Å². The molecule has 0 aliphatic rings. The maximum atomic E-state index is 11.7. The van der Waals surface area contributed by atoms with E-state index in [9.17, 15) is 9.59 Å². The zero-order valence-corrected chi connectivity index (χ0v) is 10.5. The van der Waals surface area contributed by atoms with Gasteiger partial charge in [0.25, 0.3) is 5.91 Å². The zero-order valence-electron chi connectivity index (χ0n) is 10.5. The number of nitrogens with one attached hydrogen (secondary N) is 2. The fourth-order valence-electron chi connectivity index (χ4n) is 1.37. The number of furan rings is 1. The van der Waals surface area contributed by atoms with Crippen LogP contribution in [-0.4, -0.2) is 35.6 Å². The third-order valence-corrected chi connectivity index (χ3v) is 2.44. The number of rotatable bonds is 6. The minimum Gasteiger partial charge on any atom is -0.459 e. The summed E-state index contributed by atoms with van der Waals surface area (Å²) in [7, 11) is 0. The number of hydrogen-bond donors (Lipinski definition) is 3. The molecule has 0 fully saturated rings. The van der Waals surface area contributed by atoms with Gasteiger partial charge in [-0.3, -0.25) is 9.59 Å². The molecule has 0 saturated heterocycles. The van der Waals surface area contributed by atoms with E-state index in [2.05, 4.69) is 10.6 Å². The normalized spacial score (nSPS) is 13.7. The molecule has 3 N–H and O–H groups in total. The summed E-state index contributed by atoms with van der Waals surface area (Å²) in [6.45, 7) is 3.38. The van der Waals surface area contributed by atoms with Crippen molar-refractivity contribution in [1.82, 2.24) is 10.6 Å². The maximum Gasteiger partial charge on any atom is 0.287 e. The summed E-state index contributed by atoms with van der Waals surface area (Å²) < 4.78 is 4.92. The van der Waals surface area contributed by atoms with Crippen LogP contribution in [-0.2, 0) is 4.79 Å². The lowest BCUT2D eigenvalue weighted by Crippen LogP contribution is -2.47. The first-order valence-electron chi connectivity index (χ1n) is 5.80. The second-order valence-corrected chi connectivity index (χ2v) is 4.09. The second kappa shape index (κ2) is 6.80. The van der Waals surface area contributed by atoms with E-state index in [1.54, 1.807) is 19.9 Å². The Hall–Kier alpha value is -1.82. The molecule has 0 bridgehead atoms. The van der Waals surface area contributed by atoms with Gasteiger partial charge in [0.2, 0.25) is 5.91 Å². The Morgan fingerprint density at radius 2 is 2.11 bits per heavy atom. The van der Waals surface area contributed by atoms with E-state index in [-0.39, 0.29) is 24.3 Å². The van der Waals surface area contributed by atoms with Crippen molar-refractivity contribution in [3.63, 3.8) is 0 Å². The third-order valence-electron chi connectivity index (χ3n) is 2.44. The summed E-state index contributed by atoms with van der Waals surface area (Å²) in [6, 6.07) is 2.33. The first kappa shape index (κ1) is 14.2. The largest absolute Gasteiger partial charge is 0.459 e. The molecule has 1 rings (SSSR count). The smallest absolute Gasteiger partial charge is 0.287 e. The van der Waals surface area contributed by atoms with Crippen LogP contribution < -0.4 is 10.6 Å². The highest BCUT2D eigenvalue weighted by Gasteiger charge is 2.19. The SMILES string of the molecule is CC(CCO)NC(=O)C(C)NC(=O)c1ccco1. The van der Waals surface area contributed by atoms with Gasteiger partial charge in [-0.1, -0.05) is 0 Å². The molecule has 0 spiro atoms. The van der Waals surface area contributed by atoms with Crippen molar-refractivity contribution >= 4 is 11.8 Å². The van der Waals surface area contributed by atoms with Crippen LogP contribution in [0.25, 0.3) is 0 Å². The van der Waals surface area contributed by atoms with Gasteiger partial charge in [0, 0.05) is 12.6 Å². The Labute approximate surface area is 105 Å². The summed E-state index contributed by atoms with van der Waals surface area (Å²) in [4.78, 5) is 23.3. The van der Waals surface area contributed by atoms with Crippen molar-refractivity contribution in [3.05, 3.63) is 24.2 Å². The molecule has 1 aromatic heterocycles. The van der Waals surface area contributed by atoms with Crippen LogP contribution in [0.5, 0.6) is 0 Å². The van der Waals surface area contributed by atoms with E-state index in [4.69, 9.17) is 9.52 Å². The number of carbonyl (C=O) groups excluding carboxylic acids is 2. The first-order chi connectivity index (χ1) is 8.54. The van der Waals surface area contributed by atoms with E-state index in [1.807, 2.05) is 0 Å². The van der Waals surface area contributed by atoms with Crippen molar-refractivity contribution in [1.29, 1.82) is 0 Å². The summed E-state index contributed by atoms with van der Waals surface area (Å²) in [5.74, 6) is -0.564. The van der Waals surface area contributed by atoms with E-state index < -0.39 is 11.9 Å². The highest BCUT2D eigenvalue weighted by molar-refractivity contribution is 5.95. The first-order valence-corrected chi connectivity index (χ1v) is 5.80. The Morgan fingerprint density at radius 1 is 1.39 bits per heavy atom. The molecule has 2 unspecified atom stereocenters. The molecule has 0 aliphatic heterocycles. The Balaban J connectivity index is 2.42. The highest BCUT2D eigenvalue weighted by Crippen LogP contribution is 2.00. The molecule has 1 heterocycles. The standard InChI is InChI=1S/C12H18N2O4/c1-8(5-6-15)13-11(16)9(2)14-12(17)10-4-3-7-18-10/h3-4,7-9,15H,5-6H2,1-2H3,(H,13,16)(H,14,17). The maximum absolute atomic E-state index is 11.7. The molecule has 0 aliphatic carbocycles. The average molecular weight is 254 g/mol. The summed E-state index contributed by atoms with van der Waals surface area (Å²) in [6.07, 6.45) is 1.87. The van der Waals surface area contributed by atoms with Crippen molar-refractivity contribution in [2.24, 2.45) is 0 Å². The van der Waals surface area contributed by atoms with E-state index >= 15 is 0 Å².